The maximum atomic E-state index is 14.0. The molecule has 0 spiro atoms. The molecule has 0 saturated carbocycles. The fraction of sp³-hybridized carbons (Fsp3) is 0.500. The van der Waals surface area contributed by atoms with E-state index in [9.17, 15) is 17.9 Å². The first-order valence-corrected chi connectivity index (χ1v) is 7.59. The van der Waals surface area contributed by atoms with E-state index in [0.717, 1.165) is 6.07 Å². The number of anilines is 1. The van der Waals surface area contributed by atoms with Gasteiger partial charge in [-0.2, -0.15) is 0 Å². The van der Waals surface area contributed by atoms with Crippen molar-refractivity contribution < 1.29 is 17.9 Å². The van der Waals surface area contributed by atoms with Crippen LogP contribution in [0.4, 0.5) is 10.1 Å². The van der Waals surface area contributed by atoms with Crippen molar-refractivity contribution in [2.45, 2.75) is 24.3 Å². The summed E-state index contributed by atoms with van der Waals surface area (Å²) in [5.41, 5.74) is 0.339. The lowest BCUT2D eigenvalue weighted by Crippen LogP contribution is -2.42. The van der Waals surface area contributed by atoms with E-state index in [1.54, 1.807) is 4.90 Å². The van der Waals surface area contributed by atoms with Gasteiger partial charge in [-0.1, -0.05) is 6.92 Å². The van der Waals surface area contributed by atoms with Crippen molar-refractivity contribution in [2.24, 2.45) is 11.1 Å². The van der Waals surface area contributed by atoms with E-state index in [0.29, 0.717) is 25.2 Å². The Bertz CT molecular complexity index is 576. The fourth-order valence-corrected chi connectivity index (χ4v) is 2.80. The molecule has 5 nitrogen and oxygen atoms in total. The fourth-order valence-electron chi connectivity index (χ4n) is 2.27. The molecule has 1 aromatic carbocycles. The van der Waals surface area contributed by atoms with Gasteiger partial charge in [0.1, 0.15) is 5.82 Å². The SMILES string of the molecule is CC1CN(c2ccc(S(N)(=O)=O)cc2F)CCC1O. The molecule has 2 atom stereocenters. The van der Waals surface area contributed by atoms with Crippen LogP contribution in [0.5, 0.6) is 0 Å². The normalized spacial score (nSPS) is 24.5. The lowest BCUT2D eigenvalue weighted by atomic mass is 9.96. The predicted molar refractivity (Wildman–Crippen MR) is 69.8 cm³/mol. The molecule has 0 aromatic heterocycles. The van der Waals surface area contributed by atoms with Gasteiger partial charge in [0.05, 0.1) is 16.7 Å². The molecule has 1 aromatic rings. The Morgan fingerprint density at radius 2 is 2.16 bits per heavy atom. The highest BCUT2D eigenvalue weighted by molar-refractivity contribution is 7.89. The summed E-state index contributed by atoms with van der Waals surface area (Å²) in [7, 11) is -3.89. The minimum absolute atomic E-state index is 0.0473. The number of hydrogen-bond donors (Lipinski definition) is 2. The Kier molecular flexibility index (Phi) is 3.80. The van der Waals surface area contributed by atoms with E-state index in [1.807, 2.05) is 6.92 Å². The summed E-state index contributed by atoms with van der Waals surface area (Å²) < 4.78 is 36.2. The Hall–Kier alpha value is -1.18. The summed E-state index contributed by atoms with van der Waals surface area (Å²) in [6.45, 7) is 2.97. The molecule has 1 fully saturated rings. The van der Waals surface area contributed by atoms with Crippen molar-refractivity contribution in [1.82, 2.24) is 0 Å². The summed E-state index contributed by atoms with van der Waals surface area (Å²) in [4.78, 5) is 1.57. The molecule has 0 amide bonds. The highest BCUT2D eigenvalue weighted by atomic mass is 32.2. The highest BCUT2D eigenvalue weighted by Crippen LogP contribution is 2.27. The molecule has 7 heteroatoms. The molecule has 0 aliphatic carbocycles. The van der Waals surface area contributed by atoms with Gasteiger partial charge >= 0.3 is 0 Å². The van der Waals surface area contributed by atoms with Gasteiger partial charge in [-0.05, 0) is 30.5 Å². The van der Waals surface area contributed by atoms with Crippen LogP contribution in [0.15, 0.2) is 23.1 Å². The van der Waals surface area contributed by atoms with Crippen LogP contribution in [0.2, 0.25) is 0 Å². The van der Waals surface area contributed by atoms with E-state index >= 15 is 0 Å². The van der Waals surface area contributed by atoms with Crippen molar-refractivity contribution in [3.8, 4) is 0 Å². The van der Waals surface area contributed by atoms with E-state index in [1.165, 1.54) is 12.1 Å². The predicted octanol–water partition coefficient (Wildman–Crippen LogP) is 0.680. The van der Waals surface area contributed by atoms with Crippen molar-refractivity contribution in [1.29, 1.82) is 0 Å². The monoisotopic (exact) mass is 288 g/mol. The van der Waals surface area contributed by atoms with Gasteiger partial charge in [-0.25, -0.2) is 17.9 Å². The average Bonchev–Trinajstić information content (AvgIpc) is 2.31. The Labute approximate surface area is 111 Å². The van der Waals surface area contributed by atoms with Crippen LogP contribution in [0.1, 0.15) is 13.3 Å². The first-order valence-electron chi connectivity index (χ1n) is 6.04. The second kappa shape index (κ2) is 5.07. The quantitative estimate of drug-likeness (QED) is 0.838. The lowest BCUT2D eigenvalue weighted by molar-refractivity contribution is 0.0969. The van der Waals surface area contributed by atoms with E-state index < -0.39 is 15.8 Å². The summed E-state index contributed by atoms with van der Waals surface area (Å²) in [6.07, 6.45) is 0.195. The number of nitrogens with zero attached hydrogens (tertiary/aromatic N) is 1. The number of rotatable bonds is 2. The lowest BCUT2D eigenvalue weighted by Gasteiger charge is -2.36. The van der Waals surface area contributed by atoms with Crippen LogP contribution in [0, 0.1) is 11.7 Å². The average molecular weight is 288 g/mol. The summed E-state index contributed by atoms with van der Waals surface area (Å²) in [5.74, 6) is -0.568. The van der Waals surface area contributed by atoms with E-state index in [2.05, 4.69) is 0 Å². The van der Waals surface area contributed by atoms with Gasteiger partial charge < -0.3 is 10.0 Å². The molecule has 2 unspecified atom stereocenters. The van der Waals surface area contributed by atoms with Gasteiger partial charge in [0.2, 0.25) is 10.0 Å². The number of nitrogens with two attached hydrogens (primary N) is 1. The standard InChI is InChI=1S/C12H17FN2O3S/c1-8-7-15(5-4-12(8)16)11-3-2-9(6-10(11)13)19(14,17)18/h2-3,6,8,12,16H,4-5,7H2,1H3,(H2,14,17,18). The third-order valence-electron chi connectivity index (χ3n) is 3.45. The molecule has 19 heavy (non-hydrogen) atoms. The molecule has 1 heterocycles. The number of benzene rings is 1. The van der Waals surface area contributed by atoms with Crippen molar-refractivity contribution in [3.63, 3.8) is 0 Å². The van der Waals surface area contributed by atoms with Crippen LogP contribution in [0.25, 0.3) is 0 Å². The molecule has 0 radical (unpaired) electrons. The molecule has 106 valence electrons. The molecule has 1 saturated heterocycles. The van der Waals surface area contributed by atoms with Crippen molar-refractivity contribution in [3.05, 3.63) is 24.0 Å². The molecule has 1 aliphatic rings. The van der Waals surface area contributed by atoms with Gasteiger partial charge in [0.15, 0.2) is 0 Å². The zero-order valence-corrected chi connectivity index (χ0v) is 11.4. The number of sulfonamides is 1. The van der Waals surface area contributed by atoms with Gasteiger partial charge in [0, 0.05) is 13.1 Å². The zero-order valence-electron chi connectivity index (χ0n) is 10.6. The number of aliphatic hydroxyl groups is 1. The number of primary sulfonamides is 1. The number of halogens is 1. The summed E-state index contributed by atoms with van der Waals surface area (Å²) >= 11 is 0. The number of hydrogen-bond acceptors (Lipinski definition) is 4. The molecule has 2 rings (SSSR count). The van der Waals surface area contributed by atoms with Gasteiger partial charge in [-0.3, -0.25) is 0 Å². The zero-order chi connectivity index (χ0) is 14.2. The molecular weight excluding hydrogens is 271 g/mol. The maximum absolute atomic E-state index is 14.0. The van der Waals surface area contributed by atoms with Crippen LogP contribution < -0.4 is 10.0 Å². The number of piperidine rings is 1. The second-order valence-electron chi connectivity index (χ2n) is 4.94. The van der Waals surface area contributed by atoms with Crippen LogP contribution in [0.3, 0.4) is 0 Å². The highest BCUT2D eigenvalue weighted by Gasteiger charge is 2.26. The Morgan fingerprint density at radius 3 is 2.68 bits per heavy atom. The van der Waals surface area contributed by atoms with Gasteiger partial charge in [0.25, 0.3) is 0 Å². The second-order valence-corrected chi connectivity index (χ2v) is 6.50. The van der Waals surface area contributed by atoms with E-state index in [4.69, 9.17) is 5.14 Å². The summed E-state index contributed by atoms with van der Waals surface area (Å²) in [5, 5.41) is 14.6. The van der Waals surface area contributed by atoms with Gasteiger partial charge in [-0.15, -0.1) is 0 Å². The first-order chi connectivity index (χ1) is 8.79. The minimum atomic E-state index is -3.89. The topological polar surface area (TPSA) is 83.6 Å². The third-order valence-corrected chi connectivity index (χ3v) is 4.36. The number of aliphatic hydroxyl groups excluding tert-OH is 1. The smallest absolute Gasteiger partial charge is 0.238 e. The largest absolute Gasteiger partial charge is 0.393 e. The van der Waals surface area contributed by atoms with Crippen LogP contribution in [-0.2, 0) is 10.0 Å². The summed E-state index contributed by atoms with van der Waals surface area (Å²) in [6, 6.07) is 3.64. The van der Waals surface area contributed by atoms with Crippen LogP contribution in [-0.4, -0.2) is 32.7 Å². The maximum Gasteiger partial charge on any atom is 0.238 e. The molecular formula is C12H17FN2O3S. The van der Waals surface area contributed by atoms with Crippen molar-refractivity contribution in [2.75, 3.05) is 18.0 Å². The van der Waals surface area contributed by atoms with Crippen molar-refractivity contribution >= 4 is 15.7 Å². The molecule has 3 N–H and O–H groups in total. The minimum Gasteiger partial charge on any atom is -0.393 e. The Balaban J connectivity index is 2.27. The van der Waals surface area contributed by atoms with E-state index in [-0.39, 0.29) is 16.9 Å². The van der Waals surface area contributed by atoms with Crippen LogP contribution >= 0.6 is 0 Å². The third kappa shape index (κ3) is 3.05. The Morgan fingerprint density at radius 1 is 1.47 bits per heavy atom. The molecule has 1 aliphatic heterocycles. The first kappa shape index (κ1) is 14.2. The molecule has 0 bridgehead atoms.